The highest BCUT2D eigenvalue weighted by Crippen LogP contribution is 2.32. The summed E-state index contributed by atoms with van der Waals surface area (Å²) in [6.07, 6.45) is 1.46. The molecule has 2 heterocycles. The minimum Gasteiger partial charge on any atom is -0.465 e. The molecule has 7 nitrogen and oxygen atoms in total. The summed E-state index contributed by atoms with van der Waals surface area (Å²) in [5.41, 5.74) is 0.879. The number of rotatable bonds is 5. The number of hydrogen-bond donors (Lipinski definition) is 0. The summed E-state index contributed by atoms with van der Waals surface area (Å²) in [4.78, 5) is 29.7. The highest BCUT2D eigenvalue weighted by atomic mass is 16.6. The fraction of sp³-hybridized carbons (Fsp3) is 0.333. The molecule has 0 aromatic carbocycles. The van der Waals surface area contributed by atoms with Crippen LogP contribution in [-0.4, -0.2) is 37.5 Å². The monoisotopic (exact) mass is 307 g/mol. The van der Waals surface area contributed by atoms with Gasteiger partial charge in [0.1, 0.15) is 18.4 Å². The topological polar surface area (TPSA) is 79.9 Å². The molecule has 0 saturated carbocycles. The number of methoxy groups -OCH3 is 1. The standard InChI is InChI=1S/C15H17NO6/c1-5-21-15(18)11-9(2)16(20-4)13(10-7-6-8-22-10)12(11)14(17)19-3/h6-8H,5H2,1-4H3. The Balaban J connectivity index is 2.78. The van der Waals surface area contributed by atoms with Crippen LogP contribution in [0.1, 0.15) is 33.3 Å². The van der Waals surface area contributed by atoms with Crippen LogP contribution in [0.2, 0.25) is 0 Å². The van der Waals surface area contributed by atoms with Gasteiger partial charge >= 0.3 is 11.9 Å². The Labute approximate surface area is 127 Å². The van der Waals surface area contributed by atoms with Crippen molar-refractivity contribution in [2.45, 2.75) is 13.8 Å². The number of esters is 2. The Hall–Kier alpha value is -2.70. The maximum Gasteiger partial charge on any atom is 0.341 e. The van der Waals surface area contributed by atoms with Crippen molar-refractivity contribution in [1.29, 1.82) is 0 Å². The number of nitrogens with zero attached hydrogens (tertiary/aromatic N) is 1. The fourth-order valence-electron chi connectivity index (χ4n) is 2.29. The first-order valence-corrected chi connectivity index (χ1v) is 6.65. The number of hydrogen-bond acceptors (Lipinski definition) is 6. The molecule has 2 rings (SSSR count). The summed E-state index contributed by atoms with van der Waals surface area (Å²) in [6, 6.07) is 3.33. The summed E-state index contributed by atoms with van der Waals surface area (Å²) in [7, 11) is 2.66. The van der Waals surface area contributed by atoms with Crippen LogP contribution in [0.15, 0.2) is 22.8 Å². The summed E-state index contributed by atoms with van der Waals surface area (Å²) in [5.74, 6) is -0.918. The lowest BCUT2D eigenvalue weighted by molar-refractivity contribution is 0.0503. The molecular formula is C15H17NO6. The van der Waals surface area contributed by atoms with Crippen LogP contribution in [0.5, 0.6) is 0 Å². The minimum absolute atomic E-state index is 0.0512. The van der Waals surface area contributed by atoms with Crippen LogP contribution in [0, 0.1) is 6.92 Å². The van der Waals surface area contributed by atoms with E-state index in [1.165, 1.54) is 25.2 Å². The molecule has 0 aliphatic heterocycles. The van der Waals surface area contributed by atoms with Gasteiger partial charge in [-0.25, -0.2) is 9.59 Å². The third kappa shape index (κ3) is 2.45. The Morgan fingerprint density at radius 3 is 2.45 bits per heavy atom. The van der Waals surface area contributed by atoms with Gasteiger partial charge in [-0.05, 0) is 26.0 Å². The molecule has 0 fully saturated rings. The SMILES string of the molecule is CCOC(=O)c1c(C(=O)OC)c(-c2ccco2)n(OC)c1C. The van der Waals surface area contributed by atoms with Gasteiger partial charge < -0.3 is 18.7 Å². The van der Waals surface area contributed by atoms with Gasteiger partial charge in [0.05, 0.1) is 31.2 Å². The van der Waals surface area contributed by atoms with E-state index in [4.69, 9.17) is 18.7 Å². The van der Waals surface area contributed by atoms with Crippen LogP contribution in [-0.2, 0) is 9.47 Å². The van der Waals surface area contributed by atoms with Crippen molar-refractivity contribution in [3.8, 4) is 11.5 Å². The van der Waals surface area contributed by atoms with E-state index in [-0.39, 0.29) is 17.7 Å². The van der Waals surface area contributed by atoms with Gasteiger partial charge in [0, 0.05) is 0 Å². The van der Waals surface area contributed by atoms with E-state index in [1.807, 2.05) is 0 Å². The molecule has 0 amide bonds. The smallest absolute Gasteiger partial charge is 0.341 e. The molecule has 2 aromatic rings. The van der Waals surface area contributed by atoms with Crippen LogP contribution in [0.4, 0.5) is 0 Å². The van der Waals surface area contributed by atoms with Crippen LogP contribution >= 0.6 is 0 Å². The molecule has 118 valence electrons. The van der Waals surface area contributed by atoms with E-state index in [0.717, 1.165) is 0 Å². The summed E-state index contributed by atoms with van der Waals surface area (Å²) in [5, 5.41) is 0. The van der Waals surface area contributed by atoms with Gasteiger partial charge in [0.25, 0.3) is 0 Å². The second kappa shape index (κ2) is 6.38. The predicted molar refractivity (Wildman–Crippen MR) is 76.7 cm³/mol. The van der Waals surface area contributed by atoms with E-state index in [1.54, 1.807) is 26.0 Å². The van der Waals surface area contributed by atoms with Crippen LogP contribution < -0.4 is 4.84 Å². The fourth-order valence-corrected chi connectivity index (χ4v) is 2.29. The van der Waals surface area contributed by atoms with Crippen molar-refractivity contribution in [2.75, 3.05) is 20.8 Å². The first-order chi connectivity index (χ1) is 10.6. The van der Waals surface area contributed by atoms with Gasteiger partial charge in [-0.2, -0.15) is 4.73 Å². The molecule has 0 aliphatic carbocycles. The first-order valence-electron chi connectivity index (χ1n) is 6.65. The Morgan fingerprint density at radius 1 is 1.23 bits per heavy atom. The van der Waals surface area contributed by atoms with Gasteiger partial charge in [0.15, 0.2) is 5.76 Å². The molecule has 2 aromatic heterocycles. The van der Waals surface area contributed by atoms with Crippen LogP contribution in [0.25, 0.3) is 11.5 Å². The van der Waals surface area contributed by atoms with Crippen molar-refractivity contribution in [3.63, 3.8) is 0 Å². The van der Waals surface area contributed by atoms with E-state index in [0.29, 0.717) is 17.1 Å². The molecule has 7 heteroatoms. The Kier molecular flexibility index (Phi) is 4.55. The zero-order valence-electron chi connectivity index (χ0n) is 12.8. The van der Waals surface area contributed by atoms with Crippen molar-refractivity contribution in [1.82, 2.24) is 4.73 Å². The third-order valence-electron chi connectivity index (χ3n) is 3.16. The average Bonchev–Trinajstić information content (AvgIpc) is 3.11. The Bertz CT molecular complexity index is 683. The molecule has 0 unspecified atom stereocenters. The van der Waals surface area contributed by atoms with E-state index in [9.17, 15) is 9.59 Å². The van der Waals surface area contributed by atoms with Gasteiger partial charge in [-0.3, -0.25) is 0 Å². The second-order valence-electron chi connectivity index (χ2n) is 4.35. The molecule has 0 N–H and O–H groups in total. The molecule has 22 heavy (non-hydrogen) atoms. The molecule has 0 bridgehead atoms. The molecular weight excluding hydrogens is 290 g/mol. The number of furan rings is 1. The summed E-state index contributed by atoms with van der Waals surface area (Å²) < 4.78 is 16.5. The van der Waals surface area contributed by atoms with Gasteiger partial charge in [-0.15, -0.1) is 0 Å². The predicted octanol–water partition coefficient (Wildman–Crippen LogP) is 2.08. The lowest BCUT2D eigenvalue weighted by atomic mass is 10.1. The molecule has 0 radical (unpaired) electrons. The van der Waals surface area contributed by atoms with E-state index >= 15 is 0 Å². The largest absolute Gasteiger partial charge is 0.465 e. The van der Waals surface area contributed by atoms with Gasteiger partial charge in [0.2, 0.25) is 0 Å². The quantitative estimate of drug-likeness (QED) is 0.787. The zero-order chi connectivity index (χ0) is 16.3. The summed E-state index contributed by atoms with van der Waals surface area (Å²) >= 11 is 0. The molecule has 0 saturated heterocycles. The van der Waals surface area contributed by atoms with E-state index in [2.05, 4.69) is 0 Å². The highest BCUT2D eigenvalue weighted by molar-refractivity contribution is 6.08. The number of aromatic nitrogens is 1. The summed E-state index contributed by atoms with van der Waals surface area (Å²) in [6.45, 7) is 3.52. The normalized spacial score (nSPS) is 10.4. The lowest BCUT2D eigenvalue weighted by Gasteiger charge is -2.08. The van der Waals surface area contributed by atoms with Crippen molar-refractivity contribution in [3.05, 3.63) is 35.2 Å². The van der Waals surface area contributed by atoms with Crippen molar-refractivity contribution in [2.24, 2.45) is 0 Å². The van der Waals surface area contributed by atoms with E-state index < -0.39 is 11.9 Å². The number of carbonyl (C=O) groups excluding carboxylic acids is 2. The van der Waals surface area contributed by atoms with Gasteiger partial charge in [-0.1, -0.05) is 0 Å². The molecule has 0 aliphatic rings. The Morgan fingerprint density at radius 2 is 1.95 bits per heavy atom. The first kappa shape index (κ1) is 15.7. The maximum absolute atomic E-state index is 12.2. The zero-order valence-corrected chi connectivity index (χ0v) is 12.8. The van der Waals surface area contributed by atoms with Crippen LogP contribution in [0.3, 0.4) is 0 Å². The van der Waals surface area contributed by atoms with Crippen molar-refractivity contribution < 1.29 is 28.3 Å². The second-order valence-corrected chi connectivity index (χ2v) is 4.35. The lowest BCUT2D eigenvalue weighted by Crippen LogP contribution is -2.12. The average molecular weight is 307 g/mol. The maximum atomic E-state index is 12.2. The highest BCUT2D eigenvalue weighted by Gasteiger charge is 2.33. The third-order valence-corrected chi connectivity index (χ3v) is 3.16. The molecule has 0 spiro atoms. The van der Waals surface area contributed by atoms with Crippen molar-refractivity contribution >= 4 is 11.9 Å². The number of ether oxygens (including phenoxy) is 2. The minimum atomic E-state index is -0.673. The number of carbonyl (C=O) groups is 2. The molecule has 0 atom stereocenters.